The second kappa shape index (κ2) is 6.94. The molecule has 0 saturated carbocycles. The van der Waals surface area contributed by atoms with Gasteiger partial charge in [-0.25, -0.2) is 4.98 Å². The van der Waals surface area contributed by atoms with Crippen molar-refractivity contribution in [1.29, 1.82) is 0 Å². The molecule has 27 heavy (non-hydrogen) atoms. The number of anilines is 2. The van der Waals surface area contributed by atoms with Gasteiger partial charge in [0.15, 0.2) is 0 Å². The van der Waals surface area contributed by atoms with Crippen LogP contribution in [0.4, 0.5) is 11.4 Å². The number of hydrogen-bond donors (Lipinski definition) is 1. The zero-order chi connectivity index (χ0) is 19.1. The molecule has 1 atom stereocenters. The van der Waals surface area contributed by atoms with E-state index in [0.29, 0.717) is 11.6 Å². The molecule has 2 heterocycles. The van der Waals surface area contributed by atoms with Crippen molar-refractivity contribution >= 4 is 56.3 Å². The maximum Gasteiger partial charge on any atom is 0.229 e. The smallest absolute Gasteiger partial charge is 0.229 e. The van der Waals surface area contributed by atoms with Crippen molar-refractivity contribution in [3.8, 4) is 0 Å². The van der Waals surface area contributed by atoms with E-state index in [0.717, 1.165) is 32.2 Å². The molecule has 138 valence electrons. The zero-order valence-electron chi connectivity index (χ0n) is 15.0. The zero-order valence-corrected chi connectivity index (χ0v) is 16.5. The van der Waals surface area contributed by atoms with Gasteiger partial charge in [0.25, 0.3) is 0 Å². The van der Waals surface area contributed by atoms with Crippen LogP contribution in [0, 0.1) is 19.8 Å². The van der Waals surface area contributed by atoms with Gasteiger partial charge in [0, 0.05) is 29.4 Å². The van der Waals surface area contributed by atoms with Gasteiger partial charge in [-0.05, 0) is 55.8 Å². The van der Waals surface area contributed by atoms with Crippen LogP contribution in [0.25, 0.3) is 10.2 Å². The predicted octanol–water partition coefficient (Wildman–Crippen LogP) is 4.56. The molecule has 0 aliphatic carbocycles. The van der Waals surface area contributed by atoms with E-state index in [-0.39, 0.29) is 24.2 Å². The highest BCUT2D eigenvalue weighted by atomic mass is 35.5. The van der Waals surface area contributed by atoms with Gasteiger partial charge < -0.3 is 10.2 Å². The predicted molar refractivity (Wildman–Crippen MR) is 110 cm³/mol. The molecule has 2 aromatic carbocycles. The first-order valence-corrected chi connectivity index (χ1v) is 9.85. The molecule has 5 nitrogen and oxygen atoms in total. The van der Waals surface area contributed by atoms with Crippen LogP contribution in [0.15, 0.2) is 36.4 Å². The Morgan fingerprint density at radius 2 is 2.07 bits per heavy atom. The fourth-order valence-corrected chi connectivity index (χ4v) is 4.37. The second-order valence-corrected chi connectivity index (χ2v) is 8.41. The van der Waals surface area contributed by atoms with Crippen molar-refractivity contribution in [2.45, 2.75) is 20.3 Å². The molecular formula is C20H18ClN3O2S. The number of nitrogens with one attached hydrogen (secondary N) is 1. The summed E-state index contributed by atoms with van der Waals surface area (Å²) < 4.78 is 1.09. The normalized spacial score (nSPS) is 16.9. The largest absolute Gasteiger partial charge is 0.326 e. The third-order valence-electron chi connectivity index (χ3n) is 4.73. The number of carbonyl (C=O) groups is 2. The molecule has 2 amide bonds. The number of aryl methyl sites for hydroxylation is 2. The van der Waals surface area contributed by atoms with Crippen LogP contribution >= 0.6 is 22.9 Å². The minimum atomic E-state index is -0.388. The van der Waals surface area contributed by atoms with Gasteiger partial charge in [-0.15, -0.1) is 11.3 Å². The Bertz CT molecular complexity index is 1060. The molecule has 1 saturated heterocycles. The molecule has 1 unspecified atom stereocenters. The minimum absolute atomic E-state index is 0.0470. The van der Waals surface area contributed by atoms with Gasteiger partial charge in [0.05, 0.1) is 21.1 Å². The van der Waals surface area contributed by atoms with Gasteiger partial charge in [-0.2, -0.15) is 0 Å². The molecule has 0 bridgehead atoms. The number of carbonyl (C=O) groups excluding carboxylic acids is 2. The number of fused-ring (bicyclic) bond motifs is 1. The Morgan fingerprint density at radius 1 is 1.26 bits per heavy atom. The summed E-state index contributed by atoms with van der Waals surface area (Å²) in [5, 5.41) is 4.53. The number of nitrogens with zero attached hydrogens (tertiary/aromatic N) is 2. The molecule has 1 aliphatic rings. The van der Waals surface area contributed by atoms with Crippen molar-refractivity contribution in [2.75, 3.05) is 16.8 Å². The van der Waals surface area contributed by atoms with Gasteiger partial charge >= 0.3 is 0 Å². The van der Waals surface area contributed by atoms with E-state index in [2.05, 4.69) is 10.3 Å². The van der Waals surface area contributed by atoms with Gasteiger partial charge in [-0.1, -0.05) is 11.6 Å². The van der Waals surface area contributed by atoms with Crippen LogP contribution in [0.2, 0.25) is 5.02 Å². The van der Waals surface area contributed by atoms with Crippen LogP contribution in [0.5, 0.6) is 0 Å². The monoisotopic (exact) mass is 399 g/mol. The second-order valence-electron chi connectivity index (χ2n) is 6.74. The molecule has 1 N–H and O–H groups in total. The third-order valence-corrected chi connectivity index (χ3v) is 5.92. The first-order chi connectivity index (χ1) is 12.9. The molecule has 1 aliphatic heterocycles. The molecular weight excluding hydrogens is 382 g/mol. The Morgan fingerprint density at radius 3 is 2.85 bits per heavy atom. The van der Waals surface area contributed by atoms with Gasteiger partial charge in [0.1, 0.15) is 0 Å². The summed E-state index contributed by atoms with van der Waals surface area (Å²) in [6.45, 7) is 4.22. The standard InChI is InChI=1S/C20H18ClN3O2S/c1-11-7-14(21)3-5-16(11)23-20(26)13-8-19(25)24(10-13)15-4-6-18-17(9-15)22-12(2)27-18/h3-7,9,13H,8,10H2,1-2H3,(H,23,26). The summed E-state index contributed by atoms with van der Waals surface area (Å²) in [4.78, 5) is 31.3. The van der Waals surface area contributed by atoms with E-state index in [1.165, 1.54) is 0 Å². The first-order valence-electron chi connectivity index (χ1n) is 8.65. The number of rotatable bonds is 3. The van der Waals surface area contributed by atoms with Crippen molar-refractivity contribution in [3.63, 3.8) is 0 Å². The molecule has 0 spiro atoms. The van der Waals surface area contributed by atoms with Crippen molar-refractivity contribution in [1.82, 2.24) is 4.98 Å². The molecule has 4 rings (SSSR count). The van der Waals surface area contributed by atoms with E-state index < -0.39 is 0 Å². The SMILES string of the molecule is Cc1nc2cc(N3CC(C(=O)Nc4ccc(Cl)cc4C)CC3=O)ccc2s1. The number of hydrogen-bond acceptors (Lipinski definition) is 4. The summed E-state index contributed by atoms with van der Waals surface area (Å²) in [5.41, 5.74) is 3.28. The fraction of sp³-hybridized carbons (Fsp3) is 0.250. The van der Waals surface area contributed by atoms with E-state index in [9.17, 15) is 9.59 Å². The lowest BCUT2D eigenvalue weighted by atomic mass is 10.1. The summed E-state index contributed by atoms with van der Waals surface area (Å²) in [6.07, 6.45) is 0.201. The summed E-state index contributed by atoms with van der Waals surface area (Å²) in [7, 11) is 0. The fourth-order valence-electron chi connectivity index (χ4n) is 3.33. The van der Waals surface area contributed by atoms with Crippen LogP contribution in [0.3, 0.4) is 0 Å². The first kappa shape index (κ1) is 17.9. The average molecular weight is 400 g/mol. The Balaban J connectivity index is 1.51. The number of amides is 2. The van der Waals surface area contributed by atoms with Gasteiger partial charge in [-0.3, -0.25) is 9.59 Å². The summed E-state index contributed by atoms with van der Waals surface area (Å²) in [6, 6.07) is 11.1. The number of benzene rings is 2. The maximum atomic E-state index is 12.7. The third kappa shape index (κ3) is 3.55. The number of thiazole rings is 1. The highest BCUT2D eigenvalue weighted by molar-refractivity contribution is 7.18. The van der Waals surface area contributed by atoms with Crippen LogP contribution in [-0.4, -0.2) is 23.3 Å². The van der Waals surface area contributed by atoms with E-state index in [4.69, 9.17) is 11.6 Å². The van der Waals surface area contributed by atoms with Crippen molar-refractivity contribution < 1.29 is 9.59 Å². The van der Waals surface area contributed by atoms with E-state index >= 15 is 0 Å². The average Bonchev–Trinajstić information content (AvgIpc) is 3.18. The molecule has 1 aromatic heterocycles. The summed E-state index contributed by atoms with van der Waals surface area (Å²) >= 11 is 7.59. The highest BCUT2D eigenvalue weighted by Crippen LogP contribution is 2.31. The molecule has 3 aromatic rings. The summed E-state index contributed by atoms with van der Waals surface area (Å²) in [5.74, 6) is -0.587. The molecule has 1 fully saturated rings. The van der Waals surface area contributed by atoms with Crippen LogP contribution in [0.1, 0.15) is 17.0 Å². The minimum Gasteiger partial charge on any atom is -0.326 e. The molecule has 7 heteroatoms. The molecule has 0 radical (unpaired) electrons. The van der Waals surface area contributed by atoms with Crippen LogP contribution < -0.4 is 10.2 Å². The Hall–Kier alpha value is -2.44. The van der Waals surface area contributed by atoms with Crippen LogP contribution in [-0.2, 0) is 9.59 Å². The Kier molecular flexibility index (Phi) is 4.61. The number of halogens is 1. The van der Waals surface area contributed by atoms with E-state index in [1.54, 1.807) is 34.4 Å². The highest BCUT2D eigenvalue weighted by Gasteiger charge is 2.35. The van der Waals surface area contributed by atoms with E-state index in [1.807, 2.05) is 32.0 Å². The van der Waals surface area contributed by atoms with Gasteiger partial charge in [0.2, 0.25) is 11.8 Å². The van der Waals surface area contributed by atoms with Crippen molar-refractivity contribution in [2.24, 2.45) is 5.92 Å². The maximum absolute atomic E-state index is 12.7. The lowest BCUT2D eigenvalue weighted by Crippen LogP contribution is -2.28. The number of aromatic nitrogens is 1. The lowest BCUT2D eigenvalue weighted by molar-refractivity contribution is -0.122. The Labute approximate surface area is 166 Å². The lowest BCUT2D eigenvalue weighted by Gasteiger charge is -2.17. The van der Waals surface area contributed by atoms with Crippen molar-refractivity contribution in [3.05, 3.63) is 52.0 Å². The quantitative estimate of drug-likeness (QED) is 0.702. The topological polar surface area (TPSA) is 62.3 Å².